The Labute approximate surface area is 115 Å². The summed E-state index contributed by atoms with van der Waals surface area (Å²) in [6.07, 6.45) is 0. The number of nitro groups is 1. The summed E-state index contributed by atoms with van der Waals surface area (Å²) in [6.45, 7) is 2.45. The van der Waals surface area contributed by atoms with Crippen molar-refractivity contribution in [2.45, 2.75) is 24.3 Å². The van der Waals surface area contributed by atoms with E-state index in [1.807, 2.05) is 0 Å². The molecule has 0 aliphatic heterocycles. The SMILES string of the molecule is CN(C(C)(C)C(=O)O)S(=O)(=O)c1cccc([N+](=O)[O-])c1. The van der Waals surface area contributed by atoms with Gasteiger partial charge < -0.3 is 5.11 Å². The van der Waals surface area contributed by atoms with E-state index in [9.17, 15) is 23.3 Å². The van der Waals surface area contributed by atoms with Crippen LogP contribution in [0.25, 0.3) is 0 Å². The minimum atomic E-state index is -4.15. The van der Waals surface area contributed by atoms with E-state index in [1.54, 1.807) is 0 Å². The normalized spacial score (nSPS) is 12.4. The van der Waals surface area contributed by atoms with E-state index in [2.05, 4.69) is 0 Å². The van der Waals surface area contributed by atoms with E-state index < -0.39 is 26.5 Å². The number of sulfonamides is 1. The summed E-state index contributed by atoms with van der Waals surface area (Å²) in [6, 6.07) is 4.45. The van der Waals surface area contributed by atoms with Crippen LogP contribution in [0.3, 0.4) is 0 Å². The van der Waals surface area contributed by atoms with Gasteiger partial charge in [-0.3, -0.25) is 14.9 Å². The monoisotopic (exact) mass is 302 g/mol. The summed E-state index contributed by atoms with van der Waals surface area (Å²) in [5.74, 6) is -1.32. The van der Waals surface area contributed by atoms with Gasteiger partial charge in [0, 0.05) is 19.2 Å². The lowest BCUT2D eigenvalue weighted by Gasteiger charge is -2.30. The number of hydrogen-bond donors (Lipinski definition) is 1. The molecule has 9 heteroatoms. The summed E-state index contributed by atoms with van der Waals surface area (Å²) in [4.78, 5) is 20.7. The first-order chi connectivity index (χ1) is 9.01. The predicted octanol–water partition coefficient (Wildman–Crippen LogP) is 1.08. The van der Waals surface area contributed by atoms with Gasteiger partial charge >= 0.3 is 5.97 Å². The number of hydrogen-bond acceptors (Lipinski definition) is 5. The molecule has 0 aromatic heterocycles. The standard InChI is InChI=1S/C11H14N2O6S/c1-11(2,10(14)15)12(3)20(18,19)9-6-4-5-8(7-9)13(16)17/h4-7H,1-3H3,(H,14,15). The van der Waals surface area contributed by atoms with Crippen molar-refractivity contribution >= 4 is 21.7 Å². The van der Waals surface area contributed by atoms with Gasteiger partial charge in [-0.25, -0.2) is 8.42 Å². The van der Waals surface area contributed by atoms with Crippen LogP contribution < -0.4 is 0 Å². The average molecular weight is 302 g/mol. The van der Waals surface area contributed by atoms with Gasteiger partial charge in [0.2, 0.25) is 10.0 Å². The first kappa shape index (κ1) is 16.1. The predicted molar refractivity (Wildman–Crippen MR) is 69.8 cm³/mol. The maximum absolute atomic E-state index is 12.3. The number of carboxylic acids is 1. The van der Waals surface area contributed by atoms with Crippen molar-refractivity contribution in [3.05, 3.63) is 34.4 Å². The second-order valence-corrected chi connectivity index (χ2v) is 6.56. The van der Waals surface area contributed by atoms with E-state index >= 15 is 0 Å². The van der Waals surface area contributed by atoms with Gasteiger partial charge in [0.05, 0.1) is 9.82 Å². The largest absolute Gasteiger partial charge is 0.480 e. The van der Waals surface area contributed by atoms with Gasteiger partial charge in [0.15, 0.2) is 0 Å². The number of aliphatic carboxylic acids is 1. The second-order valence-electron chi connectivity index (χ2n) is 4.59. The van der Waals surface area contributed by atoms with Crippen LogP contribution >= 0.6 is 0 Å². The number of non-ortho nitro benzene ring substituents is 1. The Hall–Kier alpha value is -2.00. The van der Waals surface area contributed by atoms with Gasteiger partial charge in [0.1, 0.15) is 5.54 Å². The van der Waals surface area contributed by atoms with Crippen LogP contribution in [0.4, 0.5) is 5.69 Å². The molecule has 0 atom stereocenters. The fraction of sp³-hybridized carbons (Fsp3) is 0.364. The lowest BCUT2D eigenvalue weighted by atomic mass is 10.1. The maximum Gasteiger partial charge on any atom is 0.324 e. The third kappa shape index (κ3) is 2.78. The van der Waals surface area contributed by atoms with E-state index in [4.69, 9.17) is 5.11 Å². The Balaban J connectivity index is 3.34. The lowest BCUT2D eigenvalue weighted by molar-refractivity contribution is -0.385. The molecular formula is C11H14N2O6S. The minimum absolute atomic E-state index is 0.330. The van der Waals surface area contributed by atoms with E-state index in [0.717, 1.165) is 19.2 Å². The Morgan fingerprint density at radius 3 is 2.40 bits per heavy atom. The van der Waals surface area contributed by atoms with Crippen LogP contribution in [0.1, 0.15) is 13.8 Å². The molecule has 1 N–H and O–H groups in total. The third-order valence-corrected chi connectivity index (χ3v) is 5.02. The van der Waals surface area contributed by atoms with E-state index in [0.29, 0.717) is 4.31 Å². The average Bonchev–Trinajstić information content (AvgIpc) is 2.37. The number of benzene rings is 1. The molecule has 0 radical (unpaired) electrons. The fourth-order valence-corrected chi connectivity index (χ4v) is 2.87. The minimum Gasteiger partial charge on any atom is -0.480 e. The van der Waals surface area contributed by atoms with Gasteiger partial charge in [-0.2, -0.15) is 4.31 Å². The molecule has 0 heterocycles. The zero-order valence-electron chi connectivity index (χ0n) is 11.1. The Bertz CT molecular complexity index is 653. The zero-order chi connectivity index (χ0) is 15.7. The maximum atomic E-state index is 12.3. The van der Waals surface area contributed by atoms with Crippen molar-refractivity contribution in [3.63, 3.8) is 0 Å². The molecular weight excluding hydrogens is 288 g/mol. The Kier molecular flexibility index (Phi) is 4.15. The van der Waals surface area contributed by atoms with Crippen LogP contribution in [-0.2, 0) is 14.8 Å². The van der Waals surface area contributed by atoms with Crippen LogP contribution in [0.2, 0.25) is 0 Å². The van der Waals surface area contributed by atoms with E-state index in [-0.39, 0.29) is 10.6 Å². The summed E-state index contributed by atoms with van der Waals surface area (Å²) >= 11 is 0. The molecule has 0 saturated carbocycles. The molecule has 1 rings (SSSR count). The van der Waals surface area contributed by atoms with Crippen LogP contribution in [0.5, 0.6) is 0 Å². The highest BCUT2D eigenvalue weighted by molar-refractivity contribution is 7.89. The van der Waals surface area contributed by atoms with Gasteiger partial charge in [-0.15, -0.1) is 0 Å². The Morgan fingerprint density at radius 2 is 1.95 bits per heavy atom. The van der Waals surface area contributed by atoms with Crippen LogP contribution in [0.15, 0.2) is 29.2 Å². The quantitative estimate of drug-likeness (QED) is 0.642. The topological polar surface area (TPSA) is 118 Å². The molecule has 0 aliphatic carbocycles. The molecule has 1 aromatic carbocycles. The molecule has 0 spiro atoms. The van der Waals surface area contributed by atoms with Crippen LogP contribution in [-0.4, -0.2) is 41.3 Å². The molecule has 0 aliphatic rings. The van der Waals surface area contributed by atoms with Crippen molar-refractivity contribution in [3.8, 4) is 0 Å². The van der Waals surface area contributed by atoms with Crippen LogP contribution in [0, 0.1) is 10.1 Å². The molecule has 0 amide bonds. The smallest absolute Gasteiger partial charge is 0.324 e. The molecule has 1 aromatic rings. The highest BCUT2D eigenvalue weighted by atomic mass is 32.2. The first-order valence-electron chi connectivity index (χ1n) is 5.48. The fourth-order valence-electron chi connectivity index (χ4n) is 1.35. The van der Waals surface area contributed by atoms with Gasteiger partial charge in [-0.05, 0) is 19.9 Å². The van der Waals surface area contributed by atoms with Crippen molar-refractivity contribution in [1.29, 1.82) is 0 Å². The van der Waals surface area contributed by atoms with E-state index in [1.165, 1.54) is 26.0 Å². The third-order valence-electron chi connectivity index (χ3n) is 3.00. The number of carboxylic acid groups (broad SMARTS) is 1. The second kappa shape index (κ2) is 5.17. The molecule has 0 unspecified atom stereocenters. The first-order valence-corrected chi connectivity index (χ1v) is 6.92. The zero-order valence-corrected chi connectivity index (χ0v) is 11.9. The van der Waals surface area contributed by atoms with Crippen molar-refractivity contribution in [1.82, 2.24) is 4.31 Å². The van der Waals surface area contributed by atoms with Gasteiger partial charge in [0.25, 0.3) is 5.69 Å². The molecule has 0 bridgehead atoms. The molecule has 0 saturated heterocycles. The van der Waals surface area contributed by atoms with Crippen molar-refractivity contribution in [2.24, 2.45) is 0 Å². The summed E-state index contributed by atoms with van der Waals surface area (Å²) in [7, 11) is -3.04. The van der Waals surface area contributed by atoms with Gasteiger partial charge in [-0.1, -0.05) is 6.07 Å². The summed E-state index contributed by atoms with van der Waals surface area (Å²) < 4.78 is 25.3. The molecule has 0 fully saturated rings. The van der Waals surface area contributed by atoms with Crippen molar-refractivity contribution in [2.75, 3.05) is 7.05 Å². The molecule has 20 heavy (non-hydrogen) atoms. The molecule has 8 nitrogen and oxygen atoms in total. The summed E-state index contributed by atoms with van der Waals surface area (Å²) in [5.41, 5.74) is -2.06. The highest BCUT2D eigenvalue weighted by Gasteiger charge is 2.40. The summed E-state index contributed by atoms with van der Waals surface area (Å²) in [5, 5.41) is 19.7. The number of likely N-dealkylation sites (N-methyl/N-ethyl adjacent to an activating group) is 1. The number of nitrogens with zero attached hydrogens (tertiary/aromatic N) is 2. The Morgan fingerprint density at radius 1 is 1.40 bits per heavy atom. The molecule has 110 valence electrons. The number of rotatable bonds is 5. The lowest BCUT2D eigenvalue weighted by Crippen LogP contribution is -2.50. The van der Waals surface area contributed by atoms with Crippen molar-refractivity contribution < 1.29 is 23.2 Å². The number of carbonyl (C=O) groups is 1. The number of nitro benzene ring substituents is 1. The highest BCUT2D eigenvalue weighted by Crippen LogP contribution is 2.25.